The van der Waals surface area contributed by atoms with Crippen LogP contribution in [0.25, 0.3) is 0 Å². The second-order valence-electron chi connectivity index (χ2n) is 3.63. The van der Waals surface area contributed by atoms with Gasteiger partial charge in [-0.3, -0.25) is 4.21 Å². The second kappa shape index (κ2) is 4.51. The predicted octanol–water partition coefficient (Wildman–Crippen LogP) is 0.920. The molecule has 1 saturated heterocycles. The fraction of sp³-hybridized carbons (Fsp3) is 0.667. The summed E-state index contributed by atoms with van der Waals surface area (Å²) in [5.74, 6) is 2.07. The first-order valence-electron chi connectivity index (χ1n) is 4.71. The molecule has 2 heterocycles. The summed E-state index contributed by atoms with van der Waals surface area (Å²) in [5.41, 5.74) is 0.984. The molecule has 5 heteroatoms. The molecular formula is C9H14N2OS2. The number of aromatic nitrogens is 1. The van der Waals surface area contributed by atoms with E-state index in [4.69, 9.17) is 0 Å². The summed E-state index contributed by atoms with van der Waals surface area (Å²) < 4.78 is 11.7. The van der Waals surface area contributed by atoms with Crippen LogP contribution in [-0.2, 0) is 16.6 Å². The smallest absolute Gasteiger partial charge is 0.0897 e. The van der Waals surface area contributed by atoms with Crippen LogP contribution in [0.2, 0.25) is 0 Å². The van der Waals surface area contributed by atoms with Crippen LogP contribution in [-0.4, -0.2) is 28.0 Å². The number of rotatable bonds is 4. The average molecular weight is 230 g/mol. The van der Waals surface area contributed by atoms with E-state index in [1.807, 2.05) is 12.3 Å². The third-order valence-corrected chi connectivity index (χ3v) is 4.55. The maximum Gasteiger partial charge on any atom is 0.0897 e. The molecule has 1 aliphatic heterocycles. The molecule has 1 aromatic rings. The van der Waals surface area contributed by atoms with E-state index in [-0.39, 0.29) is 0 Å². The molecular weight excluding hydrogens is 216 g/mol. The molecule has 0 spiro atoms. The van der Waals surface area contributed by atoms with E-state index in [0.29, 0.717) is 11.7 Å². The Balaban J connectivity index is 1.81. The zero-order valence-electron chi connectivity index (χ0n) is 8.16. The molecule has 78 valence electrons. The van der Waals surface area contributed by atoms with Crippen molar-refractivity contribution in [2.24, 2.45) is 5.92 Å². The molecule has 1 fully saturated rings. The van der Waals surface area contributed by atoms with Crippen molar-refractivity contribution < 1.29 is 4.21 Å². The van der Waals surface area contributed by atoms with Crippen LogP contribution in [0, 0.1) is 12.8 Å². The summed E-state index contributed by atoms with van der Waals surface area (Å²) in [7, 11) is -0.732. The zero-order valence-corrected chi connectivity index (χ0v) is 9.79. The molecule has 2 rings (SSSR count). The molecule has 0 saturated carbocycles. The van der Waals surface area contributed by atoms with Gasteiger partial charge in [-0.1, -0.05) is 0 Å². The predicted molar refractivity (Wildman–Crippen MR) is 59.9 cm³/mol. The van der Waals surface area contributed by atoms with Crippen LogP contribution < -0.4 is 5.32 Å². The van der Waals surface area contributed by atoms with Crippen LogP contribution in [0.3, 0.4) is 0 Å². The number of thiazole rings is 1. The molecule has 1 atom stereocenters. The van der Waals surface area contributed by atoms with Crippen LogP contribution in [0.1, 0.15) is 10.7 Å². The Morgan fingerprint density at radius 1 is 1.71 bits per heavy atom. The van der Waals surface area contributed by atoms with E-state index in [9.17, 15) is 4.21 Å². The van der Waals surface area contributed by atoms with Gasteiger partial charge in [0, 0.05) is 35.0 Å². The minimum absolute atomic E-state index is 0.621. The summed E-state index contributed by atoms with van der Waals surface area (Å²) in [6.45, 7) is 4.04. The number of nitrogens with one attached hydrogen (secondary N) is 1. The van der Waals surface area contributed by atoms with Gasteiger partial charge >= 0.3 is 0 Å². The maximum atomic E-state index is 11.7. The van der Waals surface area contributed by atoms with Crippen molar-refractivity contribution in [1.29, 1.82) is 0 Å². The van der Waals surface area contributed by atoms with Gasteiger partial charge < -0.3 is 5.32 Å². The van der Waals surface area contributed by atoms with Crippen molar-refractivity contribution in [2.75, 3.05) is 18.8 Å². The van der Waals surface area contributed by atoms with E-state index in [0.717, 1.165) is 29.5 Å². The van der Waals surface area contributed by atoms with Crippen LogP contribution in [0.5, 0.6) is 0 Å². The van der Waals surface area contributed by atoms with Gasteiger partial charge in [0.05, 0.1) is 16.5 Å². The number of nitrogens with zero attached hydrogens (tertiary/aromatic N) is 1. The Hall–Kier alpha value is -0.260. The fourth-order valence-electron chi connectivity index (χ4n) is 1.43. The normalized spacial score (nSPS) is 19.2. The summed E-state index contributed by atoms with van der Waals surface area (Å²) >= 11 is 1.63. The van der Waals surface area contributed by atoms with Gasteiger partial charge in [0.15, 0.2) is 0 Å². The van der Waals surface area contributed by atoms with Gasteiger partial charge in [-0.05, 0) is 12.8 Å². The number of hydrogen-bond donors (Lipinski definition) is 1. The summed E-state index contributed by atoms with van der Waals surface area (Å²) in [5, 5.41) is 6.25. The Labute approximate surface area is 90.4 Å². The summed E-state index contributed by atoms with van der Waals surface area (Å²) in [4.78, 5) is 4.31. The first-order valence-corrected chi connectivity index (χ1v) is 7.07. The average Bonchev–Trinajstić information content (AvgIpc) is 2.44. The van der Waals surface area contributed by atoms with Crippen LogP contribution in [0.4, 0.5) is 0 Å². The lowest BCUT2D eigenvalue weighted by molar-refractivity contribution is 0.382. The molecule has 14 heavy (non-hydrogen) atoms. The highest BCUT2D eigenvalue weighted by atomic mass is 32.2. The topological polar surface area (TPSA) is 42.0 Å². The lowest BCUT2D eigenvalue weighted by Crippen LogP contribution is -2.44. The number of hydrogen-bond acceptors (Lipinski definition) is 4. The molecule has 1 aromatic heterocycles. The van der Waals surface area contributed by atoms with Gasteiger partial charge in [-0.2, -0.15) is 0 Å². The van der Waals surface area contributed by atoms with Crippen molar-refractivity contribution in [3.63, 3.8) is 0 Å². The third-order valence-electron chi connectivity index (χ3n) is 2.26. The maximum absolute atomic E-state index is 11.7. The highest BCUT2D eigenvalue weighted by Gasteiger charge is 2.19. The van der Waals surface area contributed by atoms with E-state index in [2.05, 4.69) is 10.3 Å². The standard InChI is InChI=1S/C9H14N2OS2/c1-7-11-9(4-13-7)6-14(12)5-8-2-10-3-8/h4,8,10H,2-3,5-6H2,1H3. The Kier molecular flexibility index (Phi) is 3.30. The molecule has 1 unspecified atom stereocenters. The van der Waals surface area contributed by atoms with Crippen molar-refractivity contribution in [3.8, 4) is 0 Å². The first-order chi connectivity index (χ1) is 6.74. The Morgan fingerprint density at radius 3 is 3.00 bits per heavy atom. The van der Waals surface area contributed by atoms with E-state index >= 15 is 0 Å². The van der Waals surface area contributed by atoms with Crippen molar-refractivity contribution >= 4 is 22.1 Å². The van der Waals surface area contributed by atoms with E-state index < -0.39 is 10.8 Å². The van der Waals surface area contributed by atoms with E-state index in [1.165, 1.54) is 0 Å². The number of aryl methyl sites for hydroxylation is 1. The Bertz CT molecular complexity index is 333. The van der Waals surface area contributed by atoms with Crippen molar-refractivity contribution in [2.45, 2.75) is 12.7 Å². The molecule has 0 radical (unpaired) electrons. The van der Waals surface area contributed by atoms with Gasteiger partial charge in [-0.25, -0.2) is 4.98 Å². The highest BCUT2D eigenvalue weighted by Crippen LogP contribution is 2.12. The SMILES string of the molecule is Cc1nc(CS(=O)CC2CNC2)cs1. The lowest BCUT2D eigenvalue weighted by atomic mass is 10.1. The van der Waals surface area contributed by atoms with Gasteiger partial charge in [0.2, 0.25) is 0 Å². The first kappa shape index (κ1) is 10.3. The third kappa shape index (κ3) is 2.62. The lowest BCUT2D eigenvalue weighted by Gasteiger charge is -2.26. The van der Waals surface area contributed by atoms with Crippen LogP contribution >= 0.6 is 11.3 Å². The van der Waals surface area contributed by atoms with Crippen LogP contribution in [0.15, 0.2) is 5.38 Å². The summed E-state index contributed by atoms with van der Waals surface area (Å²) in [6, 6.07) is 0. The Morgan fingerprint density at radius 2 is 2.50 bits per heavy atom. The second-order valence-corrected chi connectivity index (χ2v) is 6.20. The molecule has 1 N–H and O–H groups in total. The largest absolute Gasteiger partial charge is 0.316 e. The molecule has 3 nitrogen and oxygen atoms in total. The molecule has 0 aromatic carbocycles. The molecule has 0 bridgehead atoms. The summed E-state index contributed by atoms with van der Waals surface area (Å²) in [6.07, 6.45) is 0. The molecule has 1 aliphatic rings. The fourth-order valence-corrected chi connectivity index (χ4v) is 3.50. The zero-order chi connectivity index (χ0) is 9.97. The molecule has 0 aliphatic carbocycles. The van der Waals surface area contributed by atoms with Crippen molar-refractivity contribution in [3.05, 3.63) is 16.1 Å². The van der Waals surface area contributed by atoms with Gasteiger partial charge in [0.1, 0.15) is 0 Å². The van der Waals surface area contributed by atoms with E-state index in [1.54, 1.807) is 11.3 Å². The quantitative estimate of drug-likeness (QED) is 0.836. The highest BCUT2D eigenvalue weighted by molar-refractivity contribution is 7.84. The monoisotopic (exact) mass is 230 g/mol. The van der Waals surface area contributed by atoms with Crippen molar-refractivity contribution in [1.82, 2.24) is 10.3 Å². The minimum Gasteiger partial charge on any atom is -0.316 e. The van der Waals surface area contributed by atoms with Gasteiger partial charge in [0.25, 0.3) is 0 Å². The van der Waals surface area contributed by atoms with Gasteiger partial charge in [-0.15, -0.1) is 11.3 Å². The minimum atomic E-state index is -0.732. The molecule has 0 amide bonds.